The van der Waals surface area contributed by atoms with Gasteiger partial charge in [0.25, 0.3) is 11.8 Å². The van der Waals surface area contributed by atoms with Crippen molar-refractivity contribution in [1.82, 2.24) is 14.4 Å². The van der Waals surface area contributed by atoms with Gasteiger partial charge in [-0.1, -0.05) is 36.4 Å². The van der Waals surface area contributed by atoms with Crippen LogP contribution in [0.3, 0.4) is 0 Å². The largest absolute Gasteiger partial charge is 0.496 e. The third kappa shape index (κ3) is 8.16. The van der Waals surface area contributed by atoms with Gasteiger partial charge in [-0.15, -0.1) is 0 Å². The number of ether oxygens (including phenoxy) is 3. The van der Waals surface area contributed by atoms with Crippen LogP contribution in [0.15, 0.2) is 84.9 Å². The summed E-state index contributed by atoms with van der Waals surface area (Å²) < 4.78 is 60.4. The molecule has 3 heterocycles. The number of rotatable bonds is 11. The second-order valence-electron chi connectivity index (χ2n) is 14.6. The van der Waals surface area contributed by atoms with Gasteiger partial charge in [-0.25, -0.2) is 4.39 Å². The van der Waals surface area contributed by atoms with Crippen molar-refractivity contribution in [1.29, 1.82) is 5.26 Å². The van der Waals surface area contributed by atoms with E-state index < -0.39 is 30.0 Å². The molecule has 1 saturated heterocycles. The van der Waals surface area contributed by atoms with Crippen molar-refractivity contribution in [3.8, 4) is 28.8 Å². The van der Waals surface area contributed by atoms with Gasteiger partial charge in [-0.05, 0) is 91.1 Å². The maximum absolute atomic E-state index is 15.8. The molecule has 0 bridgehead atoms. The van der Waals surface area contributed by atoms with E-state index in [0.717, 1.165) is 34.4 Å². The molecular formula is C45H44F3N5O5. The lowest BCUT2D eigenvalue weighted by Crippen LogP contribution is -2.52. The summed E-state index contributed by atoms with van der Waals surface area (Å²) in [5.74, 6) is -2.06. The maximum Gasteiger partial charge on any atom is 0.387 e. The fourth-order valence-corrected chi connectivity index (χ4v) is 7.89. The molecule has 5 aromatic rings. The predicted molar refractivity (Wildman–Crippen MR) is 213 cm³/mol. The first-order chi connectivity index (χ1) is 28.0. The molecule has 0 spiro atoms. The van der Waals surface area contributed by atoms with Gasteiger partial charge in [0.1, 0.15) is 5.75 Å². The molecule has 300 valence electrons. The zero-order valence-electron chi connectivity index (χ0n) is 32.8. The van der Waals surface area contributed by atoms with E-state index in [1.54, 1.807) is 65.8 Å². The molecule has 2 aliphatic rings. The monoisotopic (exact) mass is 791 g/mol. The second kappa shape index (κ2) is 17.2. The molecule has 0 saturated carbocycles. The first-order valence-electron chi connectivity index (χ1n) is 19.0. The number of hydrogen-bond donors (Lipinski definition) is 0. The summed E-state index contributed by atoms with van der Waals surface area (Å²) >= 11 is 0. The Morgan fingerprint density at radius 1 is 0.948 bits per heavy atom. The van der Waals surface area contributed by atoms with E-state index in [-0.39, 0.29) is 35.8 Å². The summed E-state index contributed by atoms with van der Waals surface area (Å²) in [7, 11) is 3.28. The molecule has 1 fully saturated rings. The Morgan fingerprint density at radius 2 is 1.67 bits per heavy atom. The fourth-order valence-electron chi connectivity index (χ4n) is 7.89. The lowest BCUT2D eigenvalue weighted by molar-refractivity contribution is -0.0522. The number of carbonyl (C=O) groups is 2. The predicted octanol–water partition coefficient (Wildman–Crippen LogP) is 7.68. The highest BCUT2D eigenvalue weighted by molar-refractivity contribution is 6.08. The van der Waals surface area contributed by atoms with Crippen molar-refractivity contribution in [2.45, 2.75) is 46.0 Å². The van der Waals surface area contributed by atoms with E-state index in [9.17, 15) is 23.6 Å². The smallest absolute Gasteiger partial charge is 0.387 e. The Labute approximate surface area is 335 Å². The van der Waals surface area contributed by atoms with Gasteiger partial charge >= 0.3 is 6.61 Å². The minimum Gasteiger partial charge on any atom is -0.496 e. The molecule has 0 radical (unpaired) electrons. The maximum atomic E-state index is 15.8. The zero-order valence-corrected chi connectivity index (χ0v) is 32.8. The minimum absolute atomic E-state index is 0.0426. The lowest BCUT2D eigenvalue weighted by Gasteiger charge is -2.40. The third-order valence-electron chi connectivity index (χ3n) is 11.2. The second-order valence-corrected chi connectivity index (χ2v) is 14.6. The molecule has 4 aromatic carbocycles. The van der Waals surface area contributed by atoms with Crippen molar-refractivity contribution < 1.29 is 37.0 Å². The number of halogens is 3. The number of fused-ring (bicyclic) bond motifs is 1. The summed E-state index contributed by atoms with van der Waals surface area (Å²) in [6.07, 6.45) is 0.566. The van der Waals surface area contributed by atoms with Crippen LogP contribution in [0.5, 0.6) is 11.5 Å². The van der Waals surface area contributed by atoms with E-state index in [4.69, 9.17) is 9.47 Å². The van der Waals surface area contributed by atoms with Gasteiger partial charge < -0.3 is 28.6 Å². The van der Waals surface area contributed by atoms with Crippen molar-refractivity contribution in [2.24, 2.45) is 7.05 Å². The SMILES string of the molecule is COc1cccc(CN(C(=O)c2cc(-c3cc(F)c(OC(F)F)cc3C(=O)N3Cc4ccccc4CC3CN3CCOCC3)n(C)c2C)c2ccc(C#N)cc2)c1C. The zero-order chi connectivity index (χ0) is 41.1. The first-order valence-corrected chi connectivity index (χ1v) is 19.0. The minimum atomic E-state index is -3.33. The number of carbonyl (C=O) groups excluding carboxylic acids is 2. The van der Waals surface area contributed by atoms with Crippen molar-refractivity contribution in [3.05, 3.63) is 135 Å². The molecule has 2 aliphatic heterocycles. The van der Waals surface area contributed by atoms with Crippen molar-refractivity contribution in [3.63, 3.8) is 0 Å². The van der Waals surface area contributed by atoms with Crippen LogP contribution in [-0.2, 0) is 31.3 Å². The Morgan fingerprint density at radius 3 is 2.36 bits per heavy atom. The molecule has 13 heteroatoms. The van der Waals surface area contributed by atoms with E-state index in [1.807, 2.05) is 49.4 Å². The van der Waals surface area contributed by atoms with E-state index >= 15 is 4.39 Å². The van der Waals surface area contributed by atoms with Gasteiger partial charge in [-0.3, -0.25) is 14.5 Å². The van der Waals surface area contributed by atoms with Crippen LogP contribution < -0.4 is 14.4 Å². The third-order valence-corrected chi connectivity index (χ3v) is 11.2. The topological polar surface area (TPSA) is 100 Å². The number of benzene rings is 4. The molecule has 1 aromatic heterocycles. The molecule has 10 nitrogen and oxygen atoms in total. The number of nitriles is 1. The number of amides is 2. The number of methoxy groups -OCH3 is 1. The molecule has 0 N–H and O–H groups in total. The molecule has 1 unspecified atom stereocenters. The van der Waals surface area contributed by atoms with Gasteiger partial charge in [0, 0.05) is 61.9 Å². The Bertz CT molecular complexity index is 2370. The molecular weight excluding hydrogens is 748 g/mol. The normalized spacial score (nSPS) is 15.5. The van der Waals surface area contributed by atoms with Crippen LogP contribution in [0.2, 0.25) is 0 Å². The van der Waals surface area contributed by atoms with Crippen LogP contribution in [0, 0.1) is 31.0 Å². The Hall–Kier alpha value is -6.10. The summed E-state index contributed by atoms with van der Waals surface area (Å²) in [6, 6.07) is 25.6. The van der Waals surface area contributed by atoms with Gasteiger partial charge in [0.05, 0.1) is 49.6 Å². The summed E-state index contributed by atoms with van der Waals surface area (Å²) in [5, 5.41) is 9.46. The van der Waals surface area contributed by atoms with Gasteiger partial charge in [0.15, 0.2) is 11.6 Å². The number of alkyl halides is 2. The molecule has 7 rings (SSSR count). The average molecular weight is 792 g/mol. The highest BCUT2D eigenvalue weighted by Gasteiger charge is 2.35. The summed E-state index contributed by atoms with van der Waals surface area (Å²) in [4.78, 5) is 35.3. The summed E-state index contributed by atoms with van der Waals surface area (Å²) in [5.41, 5.74) is 5.89. The van der Waals surface area contributed by atoms with Crippen molar-refractivity contribution in [2.75, 3.05) is 44.9 Å². The molecule has 58 heavy (non-hydrogen) atoms. The number of nitrogens with zero attached hydrogens (tertiary/aromatic N) is 5. The average Bonchev–Trinajstić information content (AvgIpc) is 3.53. The number of hydrogen-bond acceptors (Lipinski definition) is 7. The number of anilines is 1. The van der Waals surface area contributed by atoms with Crippen LogP contribution in [0.1, 0.15) is 54.2 Å². The highest BCUT2D eigenvalue weighted by Crippen LogP contribution is 2.37. The Kier molecular flexibility index (Phi) is 11.9. The van der Waals surface area contributed by atoms with E-state index in [2.05, 4.69) is 15.7 Å². The molecule has 0 aliphatic carbocycles. The quantitative estimate of drug-likeness (QED) is 0.135. The number of aromatic nitrogens is 1. The lowest BCUT2D eigenvalue weighted by atomic mass is 9.92. The Balaban J connectivity index is 1.32. The first kappa shape index (κ1) is 40.1. The van der Waals surface area contributed by atoms with Crippen LogP contribution in [0.25, 0.3) is 11.3 Å². The van der Waals surface area contributed by atoms with Crippen LogP contribution in [-0.4, -0.2) is 78.8 Å². The fraction of sp³-hybridized carbons (Fsp3) is 0.311. The van der Waals surface area contributed by atoms with E-state index in [1.165, 1.54) is 0 Å². The van der Waals surface area contributed by atoms with Crippen molar-refractivity contribution >= 4 is 17.5 Å². The van der Waals surface area contributed by atoms with Gasteiger partial charge in [-0.2, -0.15) is 14.0 Å². The molecule has 1 atom stereocenters. The van der Waals surface area contributed by atoms with Crippen LogP contribution >= 0.6 is 0 Å². The standard InChI is InChI=1S/C45H44F3N5O5/c1-28-32(10-7-11-41(28)56-4)25-52(34-14-12-30(24-49)13-15-34)43(54)36-22-40(50(3)29(36)2)37-21-39(46)42(58-45(47)48)23-38(37)44(55)53-26-33-9-6-5-8-31(33)20-35(53)27-51-16-18-57-19-17-51/h5-15,21-23,35,45H,16-20,25-27H2,1-4H3. The van der Waals surface area contributed by atoms with Crippen LogP contribution in [0.4, 0.5) is 18.9 Å². The highest BCUT2D eigenvalue weighted by atomic mass is 19.3. The molecule has 2 amide bonds. The van der Waals surface area contributed by atoms with Gasteiger partial charge in [0.2, 0.25) is 0 Å². The number of morpholine rings is 1. The van der Waals surface area contributed by atoms with E-state index in [0.29, 0.717) is 67.7 Å². The summed E-state index contributed by atoms with van der Waals surface area (Å²) in [6.45, 7) is 3.82.